The number of anilines is 3. The summed E-state index contributed by atoms with van der Waals surface area (Å²) < 4.78 is 0. The minimum Gasteiger partial charge on any atom is -0.369 e. The normalized spacial score (nSPS) is 17.5. The number of hydrazone groups is 1. The molecule has 0 radical (unpaired) electrons. The second kappa shape index (κ2) is 9.97. The Hall–Kier alpha value is -2.85. The van der Waals surface area contributed by atoms with Crippen molar-refractivity contribution in [2.75, 3.05) is 43.1 Å². The van der Waals surface area contributed by atoms with Gasteiger partial charge in [-0.15, -0.1) is 0 Å². The van der Waals surface area contributed by atoms with Crippen molar-refractivity contribution < 1.29 is 4.79 Å². The van der Waals surface area contributed by atoms with E-state index in [1.54, 1.807) is 0 Å². The summed E-state index contributed by atoms with van der Waals surface area (Å²) in [4.78, 5) is 24.4. The maximum Gasteiger partial charge on any atom is 0.227 e. The number of rotatable bonds is 10. The van der Waals surface area contributed by atoms with E-state index in [1.807, 2.05) is 50.6 Å². The van der Waals surface area contributed by atoms with Crippen molar-refractivity contribution in [2.24, 2.45) is 11.0 Å². The highest BCUT2D eigenvalue weighted by atomic mass is 32.2. The predicted octanol–water partition coefficient (Wildman–Crippen LogP) is 2.67. The van der Waals surface area contributed by atoms with Crippen LogP contribution in [0.1, 0.15) is 19.3 Å². The molecule has 4 N–H and O–H groups in total. The first kappa shape index (κ1) is 21.4. The van der Waals surface area contributed by atoms with Gasteiger partial charge in [-0.2, -0.15) is 5.10 Å². The fourth-order valence-electron chi connectivity index (χ4n) is 2.97. The first-order valence-electron chi connectivity index (χ1n) is 10.5. The molecule has 164 valence electrons. The average molecular weight is 441 g/mol. The second-order valence-electron chi connectivity index (χ2n) is 7.91. The smallest absolute Gasteiger partial charge is 0.227 e. The molecule has 1 fully saturated rings. The summed E-state index contributed by atoms with van der Waals surface area (Å²) in [5.74, 6) is 1.81. The van der Waals surface area contributed by atoms with E-state index in [9.17, 15) is 4.79 Å². The Morgan fingerprint density at radius 1 is 1.19 bits per heavy atom. The number of hydrogen-bond acceptors (Lipinski definition) is 9. The van der Waals surface area contributed by atoms with Crippen molar-refractivity contribution in [3.8, 4) is 0 Å². The Morgan fingerprint density at radius 2 is 1.97 bits per heavy atom. The molecule has 0 saturated heterocycles. The van der Waals surface area contributed by atoms with Crippen LogP contribution in [0.4, 0.5) is 17.3 Å². The largest absolute Gasteiger partial charge is 0.369 e. The quantitative estimate of drug-likeness (QED) is 0.418. The maximum absolute atomic E-state index is 11.9. The first-order valence-corrected chi connectivity index (χ1v) is 11.3. The molecule has 4 rings (SSSR count). The fraction of sp³-hybridized carbons (Fsp3) is 0.429. The lowest BCUT2D eigenvalue weighted by atomic mass is 10.3. The van der Waals surface area contributed by atoms with Gasteiger partial charge in [-0.05, 0) is 63.0 Å². The van der Waals surface area contributed by atoms with Gasteiger partial charge in [-0.25, -0.2) is 9.97 Å². The molecule has 1 saturated carbocycles. The summed E-state index contributed by atoms with van der Waals surface area (Å²) in [6.07, 6.45) is 4.65. The van der Waals surface area contributed by atoms with Crippen molar-refractivity contribution in [1.29, 1.82) is 0 Å². The highest BCUT2D eigenvalue weighted by Crippen LogP contribution is 2.31. The molecule has 31 heavy (non-hydrogen) atoms. The van der Waals surface area contributed by atoms with E-state index < -0.39 is 0 Å². The summed E-state index contributed by atoms with van der Waals surface area (Å²) in [6.45, 7) is 1.69. The van der Waals surface area contributed by atoms with Crippen LogP contribution in [0.25, 0.3) is 0 Å². The van der Waals surface area contributed by atoms with Crippen LogP contribution in [0, 0.1) is 5.92 Å². The average Bonchev–Trinajstić information content (AvgIpc) is 3.47. The SMILES string of the molecule is CN(C)CCNc1cc(NC2CC=NN2)nc(Sc2ccc(NC(=O)C3CC3)cc2)n1. The van der Waals surface area contributed by atoms with E-state index in [0.717, 1.165) is 54.6 Å². The Balaban J connectivity index is 1.43. The molecule has 10 heteroatoms. The third-order valence-corrected chi connectivity index (χ3v) is 5.71. The van der Waals surface area contributed by atoms with Crippen molar-refractivity contribution >= 4 is 41.2 Å². The zero-order valence-corrected chi connectivity index (χ0v) is 18.6. The lowest BCUT2D eigenvalue weighted by molar-refractivity contribution is -0.117. The molecule has 1 unspecified atom stereocenters. The van der Waals surface area contributed by atoms with Gasteiger partial charge in [-0.1, -0.05) is 0 Å². The number of carbonyl (C=O) groups is 1. The Morgan fingerprint density at radius 3 is 2.65 bits per heavy atom. The van der Waals surface area contributed by atoms with Gasteiger partial charge in [-0.3, -0.25) is 10.2 Å². The highest BCUT2D eigenvalue weighted by molar-refractivity contribution is 7.99. The zero-order chi connectivity index (χ0) is 21.6. The standard InChI is InChI=1S/C21H28N8OS/c1-29(2)12-11-22-18-13-19(25-17-9-10-23-28-17)27-21(26-18)31-16-7-5-15(6-8-16)24-20(30)14-3-4-14/h5-8,10,13-14,17,28H,3-4,9,11-12H2,1-2H3,(H,24,30)(H2,22,25,26,27). The van der Waals surface area contributed by atoms with E-state index in [1.165, 1.54) is 11.8 Å². The summed E-state index contributed by atoms with van der Waals surface area (Å²) in [5.41, 5.74) is 3.83. The van der Waals surface area contributed by atoms with Gasteiger partial charge in [0.05, 0.1) is 0 Å². The second-order valence-corrected chi connectivity index (χ2v) is 8.96. The van der Waals surface area contributed by atoms with E-state index >= 15 is 0 Å². The van der Waals surface area contributed by atoms with Gasteiger partial charge in [0, 0.05) is 48.3 Å². The van der Waals surface area contributed by atoms with Crippen LogP contribution in [-0.2, 0) is 4.79 Å². The lowest BCUT2D eigenvalue weighted by Gasteiger charge is -2.16. The molecule has 1 aliphatic heterocycles. The number of nitrogens with one attached hydrogen (secondary N) is 4. The number of aromatic nitrogens is 2. The number of benzene rings is 1. The Kier molecular flexibility index (Phi) is 6.88. The van der Waals surface area contributed by atoms with Crippen LogP contribution in [0.2, 0.25) is 0 Å². The van der Waals surface area contributed by atoms with E-state index in [2.05, 4.69) is 41.3 Å². The summed E-state index contributed by atoms with van der Waals surface area (Å²) in [7, 11) is 4.08. The van der Waals surface area contributed by atoms with Crippen molar-refractivity contribution in [3.05, 3.63) is 30.3 Å². The van der Waals surface area contributed by atoms with Crippen LogP contribution in [0.15, 0.2) is 45.5 Å². The minimum absolute atomic E-state index is 0.0248. The molecule has 2 heterocycles. The van der Waals surface area contributed by atoms with Crippen LogP contribution >= 0.6 is 11.8 Å². The first-order chi connectivity index (χ1) is 15.0. The van der Waals surface area contributed by atoms with Gasteiger partial charge in [0.15, 0.2) is 5.16 Å². The van der Waals surface area contributed by atoms with Gasteiger partial charge >= 0.3 is 0 Å². The molecule has 1 atom stereocenters. The fourth-order valence-corrected chi connectivity index (χ4v) is 3.74. The van der Waals surface area contributed by atoms with E-state index in [-0.39, 0.29) is 18.0 Å². The van der Waals surface area contributed by atoms with Crippen molar-refractivity contribution in [2.45, 2.75) is 35.5 Å². The van der Waals surface area contributed by atoms with Gasteiger partial charge in [0.1, 0.15) is 17.8 Å². The monoisotopic (exact) mass is 440 g/mol. The summed E-state index contributed by atoms with van der Waals surface area (Å²) in [5, 5.41) is 14.4. The Bertz CT molecular complexity index is 921. The van der Waals surface area contributed by atoms with Crippen LogP contribution < -0.4 is 21.4 Å². The molecular weight excluding hydrogens is 412 g/mol. The molecule has 0 spiro atoms. The zero-order valence-electron chi connectivity index (χ0n) is 17.8. The molecule has 1 aromatic carbocycles. The molecule has 2 aromatic rings. The number of amides is 1. The van der Waals surface area contributed by atoms with Gasteiger partial charge in [0.25, 0.3) is 0 Å². The van der Waals surface area contributed by atoms with E-state index in [4.69, 9.17) is 0 Å². The topological polar surface area (TPSA) is 107 Å². The molecule has 1 aliphatic carbocycles. The third kappa shape index (κ3) is 6.56. The number of likely N-dealkylation sites (N-methyl/N-ethyl adjacent to an activating group) is 1. The summed E-state index contributed by atoms with van der Waals surface area (Å²) >= 11 is 1.48. The number of nitrogens with zero attached hydrogens (tertiary/aromatic N) is 4. The minimum atomic E-state index is 0.0248. The maximum atomic E-state index is 11.9. The molecule has 9 nitrogen and oxygen atoms in total. The van der Waals surface area contributed by atoms with Crippen LogP contribution in [0.5, 0.6) is 0 Å². The molecule has 2 aliphatic rings. The molecular formula is C21H28N8OS. The van der Waals surface area contributed by atoms with E-state index in [0.29, 0.717) is 5.16 Å². The van der Waals surface area contributed by atoms with Crippen molar-refractivity contribution in [3.63, 3.8) is 0 Å². The number of hydrogen-bond donors (Lipinski definition) is 4. The van der Waals surface area contributed by atoms with Crippen LogP contribution in [0.3, 0.4) is 0 Å². The van der Waals surface area contributed by atoms with Crippen molar-refractivity contribution in [1.82, 2.24) is 20.3 Å². The molecule has 1 amide bonds. The third-order valence-electron chi connectivity index (χ3n) is 4.83. The van der Waals surface area contributed by atoms with Crippen LogP contribution in [-0.4, -0.2) is 60.3 Å². The number of carbonyl (C=O) groups excluding carboxylic acids is 1. The lowest BCUT2D eigenvalue weighted by Crippen LogP contribution is -2.29. The predicted molar refractivity (Wildman–Crippen MR) is 125 cm³/mol. The highest BCUT2D eigenvalue weighted by Gasteiger charge is 2.29. The molecule has 0 bridgehead atoms. The molecule has 1 aromatic heterocycles. The summed E-state index contributed by atoms with van der Waals surface area (Å²) in [6, 6.07) is 9.70. The van der Waals surface area contributed by atoms with Gasteiger partial charge < -0.3 is 20.9 Å². The van der Waals surface area contributed by atoms with Gasteiger partial charge in [0.2, 0.25) is 5.91 Å². The Labute approximate surface area is 186 Å².